The molecule has 6 heteroatoms. The third kappa shape index (κ3) is 3.26. The molecular weight excluding hydrogens is 343 g/mol. The normalized spacial score (nSPS) is 10.2. The van der Waals surface area contributed by atoms with Crippen molar-refractivity contribution < 1.29 is 9.13 Å². The third-order valence-electron chi connectivity index (χ3n) is 2.69. The van der Waals surface area contributed by atoms with Crippen molar-refractivity contribution in [2.75, 3.05) is 12.4 Å². The van der Waals surface area contributed by atoms with Crippen LogP contribution in [0.5, 0.6) is 5.75 Å². The average molecular weight is 355 g/mol. The maximum Gasteiger partial charge on any atom is 0.124 e. The van der Waals surface area contributed by atoms with Gasteiger partial charge in [-0.15, -0.1) is 0 Å². The van der Waals surface area contributed by atoms with Gasteiger partial charge in [-0.2, -0.15) is 0 Å². The van der Waals surface area contributed by atoms with E-state index in [1.54, 1.807) is 13.2 Å². The first-order chi connectivity index (χ1) is 9.51. The highest BCUT2D eigenvalue weighted by atomic mass is 79.9. The number of thiocarbonyl (C=S) groups is 1. The molecule has 0 atom stereocenters. The van der Waals surface area contributed by atoms with Gasteiger partial charge in [0.25, 0.3) is 0 Å². The van der Waals surface area contributed by atoms with E-state index >= 15 is 0 Å². The highest BCUT2D eigenvalue weighted by molar-refractivity contribution is 9.10. The summed E-state index contributed by atoms with van der Waals surface area (Å²) in [6.07, 6.45) is 0. The van der Waals surface area contributed by atoms with E-state index in [0.29, 0.717) is 17.0 Å². The largest absolute Gasteiger partial charge is 0.497 e. The summed E-state index contributed by atoms with van der Waals surface area (Å²) < 4.78 is 19.3. The Hall–Kier alpha value is -1.66. The molecule has 2 aromatic rings. The number of hydrogen-bond acceptors (Lipinski definition) is 3. The van der Waals surface area contributed by atoms with Gasteiger partial charge in [0.2, 0.25) is 0 Å². The summed E-state index contributed by atoms with van der Waals surface area (Å²) in [5, 5.41) is 3.16. The van der Waals surface area contributed by atoms with Crippen LogP contribution in [-0.2, 0) is 0 Å². The molecule has 3 N–H and O–H groups in total. The lowest BCUT2D eigenvalue weighted by molar-refractivity contribution is 0.415. The second-order valence-electron chi connectivity index (χ2n) is 4.02. The van der Waals surface area contributed by atoms with E-state index in [4.69, 9.17) is 22.7 Å². The van der Waals surface area contributed by atoms with E-state index in [0.717, 1.165) is 10.2 Å². The lowest BCUT2D eigenvalue weighted by Crippen LogP contribution is -2.12. The predicted octanol–water partition coefficient (Wildman–Crippen LogP) is 3.97. The second kappa shape index (κ2) is 6.19. The third-order valence-corrected chi connectivity index (χ3v) is 3.60. The van der Waals surface area contributed by atoms with Crippen molar-refractivity contribution in [2.45, 2.75) is 0 Å². The Labute approximate surface area is 130 Å². The Morgan fingerprint density at radius 1 is 1.25 bits per heavy atom. The lowest BCUT2D eigenvalue weighted by Gasteiger charge is -2.13. The van der Waals surface area contributed by atoms with E-state index in [2.05, 4.69) is 21.2 Å². The van der Waals surface area contributed by atoms with Gasteiger partial charge in [0.05, 0.1) is 12.8 Å². The number of hydrogen-bond donors (Lipinski definition) is 2. The number of rotatable bonds is 4. The minimum Gasteiger partial charge on any atom is -0.497 e. The smallest absolute Gasteiger partial charge is 0.124 e. The van der Waals surface area contributed by atoms with Crippen LogP contribution in [0.1, 0.15) is 5.56 Å². The van der Waals surface area contributed by atoms with Crippen LogP contribution in [0.3, 0.4) is 0 Å². The van der Waals surface area contributed by atoms with Crippen molar-refractivity contribution >= 4 is 44.5 Å². The molecule has 104 valence electrons. The SMILES string of the molecule is COc1ccc(Br)c(Nc2ccc(F)cc2C(N)=S)c1. The van der Waals surface area contributed by atoms with Crippen molar-refractivity contribution in [3.05, 3.63) is 52.3 Å². The van der Waals surface area contributed by atoms with E-state index in [1.807, 2.05) is 18.2 Å². The molecule has 0 radical (unpaired) electrons. The number of nitrogens with one attached hydrogen (secondary N) is 1. The molecule has 20 heavy (non-hydrogen) atoms. The Balaban J connectivity index is 2.42. The average Bonchev–Trinajstić information content (AvgIpc) is 2.42. The van der Waals surface area contributed by atoms with Gasteiger partial charge >= 0.3 is 0 Å². The predicted molar refractivity (Wildman–Crippen MR) is 86.3 cm³/mol. The summed E-state index contributed by atoms with van der Waals surface area (Å²) in [5.41, 5.74) is 7.48. The number of halogens is 2. The van der Waals surface area contributed by atoms with E-state index in [9.17, 15) is 4.39 Å². The van der Waals surface area contributed by atoms with E-state index in [-0.39, 0.29) is 10.8 Å². The lowest BCUT2D eigenvalue weighted by atomic mass is 10.1. The van der Waals surface area contributed by atoms with Crippen molar-refractivity contribution in [3.63, 3.8) is 0 Å². The van der Waals surface area contributed by atoms with Gasteiger partial charge in [0.1, 0.15) is 16.6 Å². The standard InChI is InChI=1S/C14H12BrFN2OS/c1-19-9-3-4-11(15)13(7-9)18-12-5-2-8(16)6-10(12)14(17)20/h2-7,18H,1H3,(H2,17,20). The van der Waals surface area contributed by atoms with Crippen molar-refractivity contribution in [3.8, 4) is 5.75 Å². The molecule has 0 aliphatic rings. The summed E-state index contributed by atoms with van der Waals surface area (Å²) >= 11 is 8.38. The molecular formula is C14H12BrFN2OS. The minimum absolute atomic E-state index is 0.131. The molecule has 0 heterocycles. The Morgan fingerprint density at radius 2 is 2.00 bits per heavy atom. The molecule has 3 nitrogen and oxygen atoms in total. The van der Waals surface area contributed by atoms with Gasteiger partial charge in [0, 0.05) is 21.8 Å². The zero-order valence-electron chi connectivity index (χ0n) is 10.6. The first kappa shape index (κ1) is 14.7. The molecule has 0 fully saturated rings. The maximum atomic E-state index is 13.3. The quantitative estimate of drug-likeness (QED) is 0.815. The van der Waals surface area contributed by atoms with Gasteiger partial charge in [-0.3, -0.25) is 0 Å². The van der Waals surface area contributed by atoms with Gasteiger partial charge in [-0.25, -0.2) is 4.39 Å². The molecule has 0 aliphatic heterocycles. The van der Waals surface area contributed by atoms with Gasteiger partial charge < -0.3 is 15.8 Å². The van der Waals surface area contributed by atoms with Crippen LogP contribution < -0.4 is 15.8 Å². The number of nitrogens with two attached hydrogens (primary N) is 1. The summed E-state index contributed by atoms with van der Waals surface area (Å²) in [4.78, 5) is 0.131. The molecule has 0 amide bonds. The summed E-state index contributed by atoms with van der Waals surface area (Å²) in [6.45, 7) is 0. The minimum atomic E-state index is -0.386. The molecule has 2 rings (SSSR count). The molecule has 0 saturated heterocycles. The van der Waals surface area contributed by atoms with Crippen LogP contribution in [0.25, 0.3) is 0 Å². The van der Waals surface area contributed by atoms with Crippen LogP contribution >= 0.6 is 28.1 Å². The van der Waals surface area contributed by atoms with Crippen LogP contribution in [0.15, 0.2) is 40.9 Å². The van der Waals surface area contributed by atoms with Gasteiger partial charge in [-0.05, 0) is 46.3 Å². The number of benzene rings is 2. The van der Waals surface area contributed by atoms with Gasteiger partial charge in [0.15, 0.2) is 0 Å². The first-order valence-electron chi connectivity index (χ1n) is 5.71. The van der Waals surface area contributed by atoms with Crippen molar-refractivity contribution in [1.82, 2.24) is 0 Å². The highest BCUT2D eigenvalue weighted by Gasteiger charge is 2.09. The van der Waals surface area contributed by atoms with Crippen LogP contribution in [0, 0.1) is 5.82 Å². The zero-order valence-corrected chi connectivity index (χ0v) is 13.0. The zero-order chi connectivity index (χ0) is 14.7. The number of methoxy groups -OCH3 is 1. The molecule has 0 aliphatic carbocycles. The summed E-state index contributed by atoms with van der Waals surface area (Å²) in [5.74, 6) is 0.317. The second-order valence-corrected chi connectivity index (χ2v) is 5.32. The fraction of sp³-hybridized carbons (Fsp3) is 0.0714. The molecule has 0 saturated carbocycles. The molecule has 2 aromatic carbocycles. The number of ether oxygens (including phenoxy) is 1. The van der Waals surface area contributed by atoms with Crippen LogP contribution in [0.2, 0.25) is 0 Å². The highest BCUT2D eigenvalue weighted by Crippen LogP contribution is 2.31. The molecule has 0 spiro atoms. The van der Waals surface area contributed by atoms with E-state index < -0.39 is 0 Å². The summed E-state index contributed by atoms with van der Waals surface area (Å²) in [7, 11) is 1.59. The Morgan fingerprint density at radius 3 is 2.65 bits per heavy atom. The summed E-state index contributed by atoms with van der Waals surface area (Å²) in [6, 6.07) is 9.74. The number of anilines is 2. The van der Waals surface area contributed by atoms with Crippen LogP contribution in [0.4, 0.5) is 15.8 Å². The fourth-order valence-corrected chi connectivity index (χ4v) is 2.22. The van der Waals surface area contributed by atoms with Crippen molar-refractivity contribution in [2.24, 2.45) is 5.73 Å². The maximum absolute atomic E-state index is 13.3. The molecule has 0 unspecified atom stereocenters. The van der Waals surface area contributed by atoms with E-state index in [1.165, 1.54) is 12.1 Å². The molecule has 0 aromatic heterocycles. The fourth-order valence-electron chi connectivity index (χ4n) is 1.70. The Bertz CT molecular complexity index is 664. The molecule has 0 bridgehead atoms. The monoisotopic (exact) mass is 354 g/mol. The van der Waals surface area contributed by atoms with Crippen molar-refractivity contribution in [1.29, 1.82) is 0 Å². The van der Waals surface area contributed by atoms with Gasteiger partial charge in [-0.1, -0.05) is 12.2 Å². The Kier molecular flexibility index (Phi) is 4.57. The first-order valence-corrected chi connectivity index (χ1v) is 6.91. The van der Waals surface area contributed by atoms with Crippen LogP contribution in [-0.4, -0.2) is 12.1 Å². The topological polar surface area (TPSA) is 47.3 Å².